The molecule has 2 aliphatic rings. The van der Waals surface area contributed by atoms with Crippen LogP contribution in [-0.2, 0) is 19.1 Å². The molecule has 0 aliphatic carbocycles. The van der Waals surface area contributed by atoms with Crippen molar-refractivity contribution in [3.63, 3.8) is 0 Å². The number of benzene rings is 1. The number of aromatic nitrogens is 1. The van der Waals surface area contributed by atoms with Crippen molar-refractivity contribution in [2.24, 2.45) is 5.41 Å². The largest absolute Gasteiger partial charge is 0.444 e. The van der Waals surface area contributed by atoms with Crippen LogP contribution >= 0.6 is 11.3 Å². The lowest BCUT2D eigenvalue weighted by atomic mass is 9.85. The van der Waals surface area contributed by atoms with Crippen LogP contribution in [0.3, 0.4) is 0 Å². The molecule has 2 saturated heterocycles. The first-order valence-corrected chi connectivity index (χ1v) is 17.6. The van der Waals surface area contributed by atoms with Gasteiger partial charge in [-0.2, -0.15) is 0 Å². The van der Waals surface area contributed by atoms with Crippen LogP contribution in [0.25, 0.3) is 10.4 Å². The lowest BCUT2D eigenvalue weighted by Gasteiger charge is -2.36. The zero-order valence-electron chi connectivity index (χ0n) is 29.5. The maximum absolute atomic E-state index is 14.0. The highest BCUT2D eigenvalue weighted by molar-refractivity contribution is 7.13. The molecule has 0 radical (unpaired) electrons. The van der Waals surface area contributed by atoms with Gasteiger partial charge in [0.2, 0.25) is 17.7 Å². The maximum Gasteiger partial charge on any atom is 0.410 e. The Morgan fingerprint density at radius 1 is 1.02 bits per heavy atom. The number of thiazole rings is 1. The molecular weight excluding hydrogens is 632 g/mol. The van der Waals surface area contributed by atoms with Crippen LogP contribution in [0.5, 0.6) is 0 Å². The molecule has 0 unspecified atom stereocenters. The SMILES string of the molecule is Cc1ncsc1-c1ccc([C@H](C)NC(=O)[C@@H]2C[C@@H](O)CN2C(=O)[C@@H](NC(=O)CCN2CCN(C(=O)OC(C)(C)C)CC2)C(C)(C)C)cc1. The number of likely N-dealkylation sites (tertiary alicyclic amines) is 1. The fraction of sp³-hybridized carbons (Fsp3) is 0.629. The van der Waals surface area contributed by atoms with Crippen LogP contribution in [0.1, 0.15) is 78.6 Å². The molecule has 2 aromatic rings. The van der Waals surface area contributed by atoms with Gasteiger partial charge in [-0.25, -0.2) is 9.78 Å². The lowest BCUT2D eigenvalue weighted by Crippen LogP contribution is -2.58. The highest BCUT2D eigenvalue weighted by Crippen LogP contribution is 2.29. The van der Waals surface area contributed by atoms with Crippen molar-refractivity contribution in [1.29, 1.82) is 0 Å². The third kappa shape index (κ3) is 9.76. The summed E-state index contributed by atoms with van der Waals surface area (Å²) in [5.41, 5.74) is 3.56. The Kier molecular flexibility index (Phi) is 11.9. The van der Waals surface area contributed by atoms with Gasteiger partial charge in [0.05, 0.1) is 28.2 Å². The zero-order valence-corrected chi connectivity index (χ0v) is 30.4. The van der Waals surface area contributed by atoms with Gasteiger partial charge in [-0.3, -0.25) is 19.3 Å². The highest BCUT2D eigenvalue weighted by Gasteiger charge is 2.44. The van der Waals surface area contributed by atoms with Crippen LogP contribution in [0.15, 0.2) is 29.8 Å². The van der Waals surface area contributed by atoms with E-state index in [1.54, 1.807) is 16.2 Å². The molecule has 1 aromatic heterocycles. The molecule has 4 rings (SSSR count). The third-order valence-corrected chi connectivity index (χ3v) is 9.72. The number of carbonyl (C=O) groups is 4. The molecule has 0 spiro atoms. The Balaban J connectivity index is 1.33. The third-order valence-electron chi connectivity index (χ3n) is 8.74. The summed E-state index contributed by atoms with van der Waals surface area (Å²) >= 11 is 1.58. The minimum atomic E-state index is -0.894. The summed E-state index contributed by atoms with van der Waals surface area (Å²) in [5, 5.41) is 16.5. The van der Waals surface area contributed by atoms with Crippen LogP contribution in [0.4, 0.5) is 4.79 Å². The first-order valence-electron chi connectivity index (χ1n) is 16.7. The van der Waals surface area contributed by atoms with Crippen LogP contribution in [0.2, 0.25) is 0 Å². The molecule has 3 heterocycles. The number of β-amino-alcohol motifs (C(OH)–C–C–N with tert-alkyl or cyclic N) is 1. The van der Waals surface area contributed by atoms with E-state index in [2.05, 4.69) is 20.5 Å². The monoisotopic (exact) mass is 684 g/mol. The number of aliphatic hydroxyl groups excluding tert-OH is 1. The summed E-state index contributed by atoms with van der Waals surface area (Å²) in [6.07, 6.45) is -0.889. The average Bonchev–Trinajstić information content (AvgIpc) is 3.62. The predicted octanol–water partition coefficient (Wildman–Crippen LogP) is 3.73. The first kappa shape index (κ1) is 37.3. The Morgan fingerprint density at radius 2 is 1.67 bits per heavy atom. The molecule has 2 aliphatic heterocycles. The van der Waals surface area contributed by atoms with Crippen LogP contribution in [0, 0.1) is 12.3 Å². The van der Waals surface area contributed by atoms with Gasteiger partial charge in [-0.15, -0.1) is 11.3 Å². The molecule has 13 heteroatoms. The van der Waals surface area contributed by atoms with Gasteiger partial charge in [-0.1, -0.05) is 45.0 Å². The minimum Gasteiger partial charge on any atom is -0.444 e. The smallest absolute Gasteiger partial charge is 0.410 e. The highest BCUT2D eigenvalue weighted by atomic mass is 32.1. The van der Waals surface area contributed by atoms with Gasteiger partial charge in [0, 0.05) is 52.1 Å². The van der Waals surface area contributed by atoms with E-state index in [0.29, 0.717) is 32.7 Å². The van der Waals surface area contributed by atoms with E-state index in [1.165, 1.54) is 4.90 Å². The average molecular weight is 685 g/mol. The predicted molar refractivity (Wildman–Crippen MR) is 185 cm³/mol. The normalized spacial score (nSPS) is 20.3. The molecule has 1 aromatic carbocycles. The number of carbonyl (C=O) groups excluding carboxylic acids is 4. The summed E-state index contributed by atoms with van der Waals surface area (Å²) in [4.78, 5) is 63.7. The van der Waals surface area contributed by atoms with E-state index in [9.17, 15) is 24.3 Å². The molecule has 12 nitrogen and oxygen atoms in total. The van der Waals surface area contributed by atoms with Crippen LogP contribution < -0.4 is 10.6 Å². The van der Waals surface area contributed by atoms with Gasteiger partial charge >= 0.3 is 6.09 Å². The Hall–Kier alpha value is -3.55. The Labute approximate surface area is 288 Å². The number of ether oxygens (including phenoxy) is 1. The van der Waals surface area contributed by atoms with Gasteiger partial charge in [-0.05, 0) is 51.2 Å². The fourth-order valence-electron chi connectivity index (χ4n) is 5.99. The van der Waals surface area contributed by atoms with Crippen molar-refractivity contribution in [1.82, 2.24) is 30.3 Å². The second-order valence-electron chi connectivity index (χ2n) is 14.9. The summed E-state index contributed by atoms with van der Waals surface area (Å²) in [5.74, 6) is -1.01. The number of amides is 4. The Morgan fingerprint density at radius 3 is 2.23 bits per heavy atom. The van der Waals surface area contributed by atoms with Gasteiger partial charge in [0.25, 0.3) is 0 Å². The van der Waals surface area contributed by atoms with E-state index >= 15 is 0 Å². The van der Waals surface area contributed by atoms with Crippen molar-refractivity contribution >= 4 is 35.2 Å². The number of nitrogens with one attached hydrogen (secondary N) is 2. The summed E-state index contributed by atoms with van der Waals surface area (Å²) in [7, 11) is 0. The molecule has 0 bridgehead atoms. The molecule has 2 fully saturated rings. The standard InChI is InChI=1S/C35H52N6O6S/c1-22(24-9-11-25(12-10-24)29-23(2)36-21-48-29)37-31(44)27-19-26(42)20-41(27)32(45)30(34(3,4)5)38-28(43)13-14-39-15-17-40(18-16-39)33(46)47-35(6,7)8/h9-12,21-22,26-27,30,42H,13-20H2,1-8H3,(H,37,44)(H,38,43)/t22-,26+,27-,30+/m0/s1. The van der Waals surface area contributed by atoms with Gasteiger partial charge in [0.15, 0.2) is 0 Å². The van der Waals surface area contributed by atoms with Crippen molar-refractivity contribution in [3.8, 4) is 10.4 Å². The van der Waals surface area contributed by atoms with Crippen molar-refractivity contribution in [3.05, 3.63) is 41.0 Å². The lowest BCUT2D eigenvalue weighted by molar-refractivity contribution is -0.144. The zero-order chi connectivity index (χ0) is 35.4. The second kappa shape index (κ2) is 15.3. The summed E-state index contributed by atoms with van der Waals surface area (Å²) in [6.45, 7) is 17.7. The molecule has 3 N–H and O–H groups in total. The number of rotatable bonds is 9. The molecule has 264 valence electrons. The van der Waals surface area contributed by atoms with Crippen molar-refractivity contribution in [2.75, 3.05) is 39.3 Å². The fourth-order valence-corrected chi connectivity index (χ4v) is 6.80. The summed E-state index contributed by atoms with van der Waals surface area (Å²) in [6, 6.07) is 5.87. The number of aliphatic hydroxyl groups is 1. The van der Waals surface area contributed by atoms with E-state index in [1.807, 2.05) is 85.2 Å². The van der Waals surface area contributed by atoms with Crippen molar-refractivity contribution < 1.29 is 29.0 Å². The van der Waals surface area contributed by atoms with Gasteiger partial charge in [0.1, 0.15) is 17.7 Å². The summed E-state index contributed by atoms with van der Waals surface area (Å²) < 4.78 is 5.46. The molecule has 4 amide bonds. The quantitative estimate of drug-likeness (QED) is 0.363. The molecule has 48 heavy (non-hydrogen) atoms. The number of hydrogen-bond acceptors (Lipinski definition) is 9. The topological polar surface area (TPSA) is 144 Å². The number of nitrogens with zero attached hydrogens (tertiary/aromatic N) is 4. The molecule has 0 saturated carbocycles. The molecule has 4 atom stereocenters. The number of piperazine rings is 1. The number of hydrogen-bond donors (Lipinski definition) is 3. The van der Waals surface area contributed by atoms with E-state index in [4.69, 9.17) is 4.74 Å². The number of aryl methyl sites for hydroxylation is 1. The van der Waals surface area contributed by atoms with E-state index < -0.39 is 35.1 Å². The van der Waals surface area contributed by atoms with Gasteiger partial charge < -0.3 is 30.3 Å². The van der Waals surface area contributed by atoms with Crippen LogP contribution in [-0.4, -0.2) is 112 Å². The minimum absolute atomic E-state index is 0.0125. The first-order chi connectivity index (χ1) is 22.4. The van der Waals surface area contributed by atoms with Crippen molar-refractivity contribution in [2.45, 2.75) is 98.1 Å². The van der Waals surface area contributed by atoms with E-state index in [-0.39, 0.29) is 43.3 Å². The molecular formula is C35H52N6O6S. The maximum atomic E-state index is 14.0. The second-order valence-corrected chi connectivity index (χ2v) is 15.8. The Bertz CT molecular complexity index is 1440. The van der Waals surface area contributed by atoms with E-state index in [0.717, 1.165) is 21.7 Å².